The van der Waals surface area contributed by atoms with E-state index in [0.717, 1.165) is 18.8 Å². The first-order valence-electron chi connectivity index (χ1n) is 10.3. The van der Waals surface area contributed by atoms with Crippen LogP contribution in [0.25, 0.3) is 4.85 Å². The molecular weight excluding hydrogens is 422 g/mol. The maximum Gasteiger partial charge on any atom is 0.288 e. The van der Waals surface area contributed by atoms with Crippen molar-refractivity contribution in [3.63, 3.8) is 0 Å². The molecule has 2 rings (SSSR count). The lowest BCUT2D eigenvalue weighted by molar-refractivity contribution is -0.136. The van der Waals surface area contributed by atoms with E-state index < -0.39 is 34.8 Å². The van der Waals surface area contributed by atoms with Gasteiger partial charge >= 0.3 is 0 Å². The van der Waals surface area contributed by atoms with Crippen molar-refractivity contribution in [2.45, 2.75) is 34.1 Å². The van der Waals surface area contributed by atoms with Gasteiger partial charge in [0.2, 0.25) is 17.7 Å². The summed E-state index contributed by atoms with van der Waals surface area (Å²) in [6.45, 7) is 15.6. The molecule has 1 saturated heterocycles. The maximum absolute atomic E-state index is 12.6. The fraction of sp³-hybridized carbons (Fsp3) is 0.348. The number of hydrogen-bond acceptors (Lipinski definition) is 7. The summed E-state index contributed by atoms with van der Waals surface area (Å²) in [6, 6.07) is 8.47. The van der Waals surface area contributed by atoms with E-state index in [2.05, 4.69) is 15.2 Å². The topological polar surface area (TPSA) is 134 Å². The van der Waals surface area contributed by atoms with Crippen molar-refractivity contribution in [3.8, 4) is 12.1 Å². The molecule has 168 valence electrons. The zero-order valence-electron chi connectivity index (χ0n) is 18.8. The molecule has 33 heavy (non-hydrogen) atoms. The van der Waals surface area contributed by atoms with Crippen LogP contribution in [0.2, 0.25) is 0 Å². The zero-order chi connectivity index (χ0) is 24.7. The number of likely N-dealkylation sites (tertiary alicyclic amines) is 1. The number of carbonyl (C=O) groups is 3. The average Bonchev–Trinajstić information content (AvgIpc) is 3.03. The molecule has 0 aromatic heterocycles. The summed E-state index contributed by atoms with van der Waals surface area (Å²) >= 11 is 0. The van der Waals surface area contributed by atoms with Crippen molar-refractivity contribution < 1.29 is 14.4 Å². The number of hydrogen-bond donors (Lipinski definition) is 1. The molecule has 1 aromatic rings. The Balaban J connectivity index is 2.74. The van der Waals surface area contributed by atoms with Crippen LogP contribution in [-0.2, 0) is 14.4 Å². The Morgan fingerprint density at radius 2 is 1.97 bits per heavy atom. The van der Waals surface area contributed by atoms with Crippen LogP contribution in [-0.4, -0.2) is 41.4 Å². The number of benzene rings is 1. The minimum absolute atomic E-state index is 0.104. The highest BCUT2D eigenvalue weighted by Gasteiger charge is 2.40. The zero-order valence-corrected chi connectivity index (χ0v) is 18.8. The fourth-order valence-electron chi connectivity index (χ4n) is 3.42. The van der Waals surface area contributed by atoms with Gasteiger partial charge in [0.15, 0.2) is 5.71 Å². The van der Waals surface area contributed by atoms with Crippen molar-refractivity contribution >= 4 is 40.5 Å². The van der Waals surface area contributed by atoms with Crippen LogP contribution in [0.5, 0.6) is 0 Å². The van der Waals surface area contributed by atoms with Gasteiger partial charge in [-0.1, -0.05) is 6.92 Å². The molecule has 1 fully saturated rings. The summed E-state index contributed by atoms with van der Waals surface area (Å²) in [5.41, 5.74) is -0.227. The minimum atomic E-state index is -0.651. The van der Waals surface area contributed by atoms with Gasteiger partial charge in [-0.25, -0.2) is 15.1 Å². The Labute approximate surface area is 192 Å². The van der Waals surface area contributed by atoms with Gasteiger partial charge in [0.05, 0.1) is 24.0 Å². The number of allylic oxidation sites excluding steroid dienone is 2. The van der Waals surface area contributed by atoms with Crippen molar-refractivity contribution in [2.75, 3.05) is 23.3 Å². The van der Waals surface area contributed by atoms with E-state index in [0.29, 0.717) is 10.6 Å². The molecule has 1 heterocycles. The van der Waals surface area contributed by atoms with Gasteiger partial charge in [-0.05, 0) is 32.0 Å². The van der Waals surface area contributed by atoms with E-state index in [1.54, 1.807) is 37.3 Å². The third-order valence-electron chi connectivity index (χ3n) is 5.02. The van der Waals surface area contributed by atoms with Crippen LogP contribution in [0, 0.1) is 35.2 Å². The smallest absolute Gasteiger partial charge is 0.288 e. The van der Waals surface area contributed by atoms with Crippen molar-refractivity contribution in [3.05, 3.63) is 41.0 Å². The van der Waals surface area contributed by atoms with Crippen LogP contribution in [0.15, 0.2) is 34.6 Å². The number of carbonyl (C=O) groups excluding carboxylic acids is 3. The second kappa shape index (κ2) is 10.7. The van der Waals surface area contributed by atoms with Gasteiger partial charge in [0, 0.05) is 38.0 Å². The molecule has 1 N–H and O–H groups in total. The summed E-state index contributed by atoms with van der Waals surface area (Å²) < 4.78 is 0. The number of imide groups is 1. The molecule has 0 spiro atoms. The maximum atomic E-state index is 12.6. The molecular formula is C23H23N7O3. The van der Waals surface area contributed by atoms with Gasteiger partial charge in [0.1, 0.15) is 11.8 Å². The van der Waals surface area contributed by atoms with Gasteiger partial charge in [-0.3, -0.25) is 19.3 Å². The fourth-order valence-corrected chi connectivity index (χ4v) is 3.42. The Bertz CT molecular complexity index is 1160. The van der Waals surface area contributed by atoms with Crippen molar-refractivity contribution in [2.24, 2.45) is 10.9 Å². The van der Waals surface area contributed by atoms with Gasteiger partial charge < -0.3 is 10.2 Å². The summed E-state index contributed by atoms with van der Waals surface area (Å²) in [4.78, 5) is 46.9. The monoisotopic (exact) mass is 445 g/mol. The van der Waals surface area contributed by atoms with E-state index in [1.807, 2.05) is 18.7 Å². The largest absolute Gasteiger partial charge is 0.372 e. The number of amides is 3. The third kappa shape index (κ3) is 5.23. The van der Waals surface area contributed by atoms with E-state index in [4.69, 9.17) is 6.57 Å². The summed E-state index contributed by atoms with van der Waals surface area (Å²) in [5, 5.41) is 21.9. The van der Waals surface area contributed by atoms with E-state index in [1.165, 1.54) is 6.92 Å². The molecule has 1 aliphatic rings. The number of aliphatic imine (C=N–C) groups is 1. The number of anilines is 2. The molecule has 0 saturated carbocycles. The predicted molar refractivity (Wildman–Crippen MR) is 122 cm³/mol. The molecule has 0 aliphatic carbocycles. The lowest BCUT2D eigenvalue weighted by Gasteiger charge is -2.22. The Morgan fingerprint density at radius 1 is 1.30 bits per heavy atom. The van der Waals surface area contributed by atoms with Gasteiger partial charge in [-0.2, -0.15) is 5.26 Å². The average molecular weight is 445 g/mol. The first kappa shape index (κ1) is 24.8. The normalized spacial score (nSPS) is 16.5. The van der Waals surface area contributed by atoms with Crippen LogP contribution in [0.4, 0.5) is 17.1 Å². The van der Waals surface area contributed by atoms with Crippen LogP contribution in [0.1, 0.15) is 34.1 Å². The molecule has 1 atom stereocenters. The molecule has 1 aliphatic heterocycles. The Hall–Kier alpha value is -4.49. The molecule has 0 bridgehead atoms. The van der Waals surface area contributed by atoms with Gasteiger partial charge in [0.25, 0.3) is 5.70 Å². The lowest BCUT2D eigenvalue weighted by Crippen LogP contribution is -2.34. The third-order valence-corrected chi connectivity index (χ3v) is 5.02. The number of nitriles is 2. The van der Waals surface area contributed by atoms with Crippen molar-refractivity contribution in [1.29, 1.82) is 10.5 Å². The van der Waals surface area contributed by atoms with Crippen LogP contribution < -0.4 is 10.2 Å². The summed E-state index contributed by atoms with van der Waals surface area (Å²) in [6.07, 6.45) is -0.104. The number of nitrogens with zero attached hydrogens (tertiary/aromatic N) is 6. The molecule has 10 nitrogen and oxygen atoms in total. The van der Waals surface area contributed by atoms with E-state index >= 15 is 0 Å². The molecule has 1 unspecified atom stereocenters. The lowest BCUT2D eigenvalue weighted by atomic mass is 10.1. The Morgan fingerprint density at radius 3 is 2.42 bits per heavy atom. The first-order valence-corrected chi connectivity index (χ1v) is 10.3. The van der Waals surface area contributed by atoms with Gasteiger partial charge in [-0.15, -0.1) is 0 Å². The molecule has 3 amide bonds. The number of nitrogens with one attached hydrogen (secondary N) is 1. The SMILES string of the molecule is [C-]#[N+]/C(C#N)=C(/C(C#N)=Nc1ccc(N(CC)CC)cc1NC(C)=O)N1C(=O)CC(C)C1=O. The molecule has 0 radical (unpaired) electrons. The van der Waals surface area contributed by atoms with Crippen molar-refractivity contribution in [1.82, 2.24) is 4.90 Å². The van der Waals surface area contributed by atoms with E-state index in [9.17, 15) is 24.9 Å². The number of rotatable bonds is 7. The second-order valence-electron chi connectivity index (χ2n) is 7.22. The van der Waals surface area contributed by atoms with Crippen LogP contribution >= 0.6 is 0 Å². The summed E-state index contributed by atoms with van der Waals surface area (Å²) in [5.74, 6) is -2.26. The molecule has 10 heteroatoms. The quantitative estimate of drug-likeness (QED) is 0.297. The first-order chi connectivity index (χ1) is 15.7. The van der Waals surface area contributed by atoms with E-state index in [-0.39, 0.29) is 18.0 Å². The molecule has 1 aromatic carbocycles. The minimum Gasteiger partial charge on any atom is -0.372 e. The predicted octanol–water partition coefficient (Wildman–Crippen LogP) is 3.14. The standard InChI is InChI=1S/C23H23N7O3/c1-6-29(7-2)16-8-9-17(18(11-16)27-15(4)31)28-20(13-25)22(19(12-24)26-5)30-21(32)10-14(3)23(30)33/h8-9,11,14H,6-7,10H2,1-4H3,(H,27,31)/b22-19-,28-20?. The highest BCUT2D eigenvalue weighted by atomic mass is 16.2. The Kier molecular flexibility index (Phi) is 8.03. The van der Waals surface area contributed by atoms with Crippen LogP contribution in [0.3, 0.4) is 0 Å². The second-order valence-corrected chi connectivity index (χ2v) is 7.22. The highest BCUT2D eigenvalue weighted by Crippen LogP contribution is 2.33. The highest BCUT2D eigenvalue weighted by molar-refractivity contribution is 6.20. The summed E-state index contributed by atoms with van der Waals surface area (Å²) in [7, 11) is 0.